The number of nitrogens with one attached hydrogen (secondary N) is 2. The van der Waals surface area contributed by atoms with E-state index in [-0.39, 0.29) is 0 Å². The van der Waals surface area contributed by atoms with Gasteiger partial charge in [-0.25, -0.2) is 0 Å². The van der Waals surface area contributed by atoms with E-state index in [1.165, 1.54) is 12.8 Å². The molecule has 6 N–H and O–H groups in total. The first kappa shape index (κ1) is 14.5. The minimum atomic E-state index is 0.508. The van der Waals surface area contributed by atoms with Crippen LogP contribution in [0.15, 0.2) is 9.98 Å². The molecule has 0 radical (unpaired) electrons. The van der Waals surface area contributed by atoms with E-state index in [9.17, 15) is 0 Å². The summed E-state index contributed by atoms with van der Waals surface area (Å²) in [5.41, 5.74) is 11.0. The van der Waals surface area contributed by atoms with Crippen molar-refractivity contribution in [3.05, 3.63) is 0 Å². The molecule has 0 atom stereocenters. The summed E-state index contributed by atoms with van der Waals surface area (Å²) in [5, 5.41) is 6.05. The zero-order valence-electron chi connectivity index (χ0n) is 10.3. The Morgan fingerprint density at radius 2 is 1.19 bits per heavy atom. The van der Waals surface area contributed by atoms with Crippen molar-refractivity contribution in [3.63, 3.8) is 0 Å². The molecule has 0 heterocycles. The third-order valence-electron chi connectivity index (χ3n) is 2.20. The largest absolute Gasteiger partial charge is 0.370 e. The molecule has 0 aliphatic rings. The van der Waals surface area contributed by atoms with Gasteiger partial charge < -0.3 is 22.1 Å². The van der Waals surface area contributed by atoms with Gasteiger partial charge in [0.2, 0.25) is 0 Å². The van der Waals surface area contributed by atoms with Crippen LogP contribution in [0.1, 0.15) is 25.7 Å². The molecule has 0 unspecified atom stereocenters. The van der Waals surface area contributed by atoms with Crippen molar-refractivity contribution in [2.24, 2.45) is 21.5 Å². The Bertz CT molecular complexity index is 199. The smallest absolute Gasteiger partial charge is 0.188 e. The predicted octanol–water partition coefficient (Wildman–Crippen LogP) is -0.385. The normalized spacial score (nSPS) is 12.6. The molecule has 16 heavy (non-hydrogen) atoms. The summed E-state index contributed by atoms with van der Waals surface area (Å²) in [4.78, 5) is 7.62. The molecule has 0 spiro atoms. The van der Waals surface area contributed by atoms with Gasteiger partial charge in [-0.2, -0.15) is 0 Å². The van der Waals surface area contributed by atoms with E-state index in [1.807, 2.05) is 0 Å². The van der Waals surface area contributed by atoms with E-state index in [4.69, 9.17) is 11.5 Å². The lowest BCUT2D eigenvalue weighted by molar-refractivity contribution is 0.622. The van der Waals surface area contributed by atoms with E-state index in [0.717, 1.165) is 25.9 Å². The SMILES string of the molecule is CN=C(N)NCCCCCCNC(N)=NC. The summed E-state index contributed by atoms with van der Waals surface area (Å²) < 4.78 is 0. The summed E-state index contributed by atoms with van der Waals surface area (Å²) >= 11 is 0. The van der Waals surface area contributed by atoms with Gasteiger partial charge in [0.15, 0.2) is 11.9 Å². The Balaban J connectivity index is 3.16. The number of rotatable bonds is 7. The summed E-state index contributed by atoms with van der Waals surface area (Å²) in [6.45, 7) is 1.77. The van der Waals surface area contributed by atoms with E-state index < -0.39 is 0 Å². The topological polar surface area (TPSA) is 101 Å². The first-order valence-corrected chi connectivity index (χ1v) is 5.63. The zero-order valence-corrected chi connectivity index (χ0v) is 10.3. The minimum Gasteiger partial charge on any atom is -0.370 e. The highest BCUT2D eigenvalue weighted by Crippen LogP contribution is 1.97. The highest BCUT2D eigenvalue weighted by Gasteiger charge is 1.92. The van der Waals surface area contributed by atoms with Gasteiger partial charge in [0.25, 0.3) is 0 Å². The molecule has 6 nitrogen and oxygen atoms in total. The molecule has 0 rings (SSSR count). The van der Waals surface area contributed by atoms with Crippen LogP contribution in [-0.2, 0) is 0 Å². The molecule has 0 fully saturated rings. The quantitative estimate of drug-likeness (QED) is 0.271. The van der Waals surface area contributed by atoms with Crippen molar-refractivity contribution in [2.45, 2.75) is 25.7 Å². The van der Waals surface area contributed by atoms with Crippen LogP contribution < -0.4 is 22.1 Å². The van der Waals surface area contributed by atoms with Crippen LogP contribution >= 0.6 is 0 Å². The number of unbranched alkanes of at least 4 members (excludes halogenated alkanes) is 3. The lowest BCUT2D eigenvalue weighted by Crippen LogP contribution is -2.32. The minimum absolute atomic E-state index is 0.508. The highest BCUT2D eigenvalue weighted by molar-refractivity contribution is 5.77. The Morgan fingerprint density at radius 1 is 0.812 bits per heavy atom. The molecule has 0 bridgehead atoms. The molecule has 0 aromatic heterocycles. The highest BCUT2D eigenvalue weighted by atomic mass is 15.1. The van der Waals surface area contributed by atoms with Gasteiger partial charge in [-0.15, -0.1) is 0 Å². The van der Waals surface area contributed by atoms with Crippen molar-refractivity contribution in [3.8, 4) is 0 Å². The van der Waals surface area contributed by atoms with E-state index in [1.54, 1.807) is 14.1 Å². The van der Waals surface area contributed by atoms with Crippen LogP contribution in [0.4, 0.5) is 0 Å². The number of nitrogens with zero attached hydrogens (tertiary/aromatic N) is 2. The average Bonchev–Trinajstić information content (AvgIpc) is 2.31. The summed E-state index contributed by atoms with van der Waals surface area (Å²) in [6, 6.07) is 0. The lowest BCUT2D eigenvalue weighted by atomic mass is 10.2. The molecule has 0 saturated carbocycles. The van der Waals surface area contributed by atoms with Crippen molar-refractivity contribution in [2.75, 3.05) is 27.2 Å². The maximum Gasteiger partial charge on any atom is 0.188 e. The van der Waals surface area contributed by atoms with Gasteiger partial charge in [0.1, 0.15) is 0 Å². The summed E-state index contributed by atoms with van der Waals surface area (Å²) in [6.07, 6.45) is 4.56. The first-order valence-electron chi connectivity index (χ1n) is 5.63. The maximum absolute atomic E-state index is 5.49. The molecule has 0 aliphatic heterocycles. The number of aliphatic imine (C=N–C) groups is 2. The van der Waals surface area contributed by atoms with Crippen molar-refractivity contribution in [1.82, 2.24) is 10.6 Å². The third-order valence-corrected chi connectivity index (χ3v) is 2.20. The van der Waals surface area contributed by atoms with Gasteiger partial charge in [0.05, 0.1) is 0 Å². The van der Waals surface area contributed by atoms with Crippen molar-refractivity contribution in [1.29, 1.82) is 0 Å². The monoisotopic (exact) mass is 228 g/mol. The van der Waals surface area contributed by atoms with Crippen molar-refractivity contribution < 1.29 is 0 Å². The number of hydrogen-bond donors (Lipinski definition) is 4. The van der Waals surface area contributed by atoms with Crippen LogP contribution in [-0.4, -0.2) is 39.1 Å². The van der Waals surface area contributed by atoms with Crippen LogP contribution in [0, 0.1) is 0 Å². The van der Waals surface area contributed by atoms with Gasteiger partial charge in [0, 0.05) is 27.2 Å². The molecule has 0 aliphatic carbocycles. The molecular weight excluding hydrogens is 204 g/mol. The van der Waals surface area contributed by atoms with Gasteiger partial charge in [-0.1, -0.05) is 12.8 Å². The fourth-order valence-electron chi connectivity index (χ4n) is 1.19. The van der Waals surface area contributed by atoms with Gasteiger partial charge >= 0.3 is 0 Å². The molecule has 6 heteroatoms. The maximum atomic E-state index is 5.49. The fraction of sp³-hybridized carbons (Fsp3) is 0.800. The van der Waals surface area contributed by atoms with Gasteiger partial charge in [-0.3, -0.25) is 9.98 Å². The Kier molecular flexibility index (Phi) is 9.15. The average molecular weight is 228 g/mol. The second-order valence-electron chi connectivity index (χ2n) is 3.49. The Morgan fingerprint density at radius 3 is 1.50 bits per heavy atom. The summed E-state index contributed by atoms with van der Waals surface area (Å²) in [7, 11) is 3.35. The van der Waals surface area contributed by atoms with Crippen molar-refractivity contribution >= 4 is 11.9 Å². The number of guanidine groups is 2. The number of hydrogen-bond acceptors (Lipinski definition) is 2. The zero-order chi connectivity index (χ0) is 12.2. The fourth-order valence-corrected chi connectivity index (χ4v) is 1.19. The molecule has 94 valence electrons. The molecule has 0 aromatic rings. The second-order valence-corrected chi connectivity index (χ2v) is 3.49. The Labute approximate surface area is 97.6 Å². The van der Waals surface area contributed by atoms with Crippen LogP contribution in [0.5, 0.6) is 0 Å². The first-order chi connectivity index (χ1) is 7.70. The van der Waals surface area contributed by atoms with Crippen LogP contribution in [0.2, 0.25) is 0 Å². The Hall–Kier alpha value is -1.46. The van der Waals surface area contributed by atoms with Gasteiger partial charge in [-0.05, 0) is 12.8 Å². The predicted molar refractivity (Wildman–Crippen MR) is 69.6 cm³/mol. The molecule has 0 amide bonds. The third kappa shape index (κ3) is 9.11. The van der Waals surface area contributed by atoms with E-state index >= 15 is 0 Å². The van der Waals surface area contributed by atoms with Crippen LogP contribution in [0.25, 0.3) is 0 Å². The van der Waals surface area contributed by atoms with E-state index in [2.05, 4.69) is 20.6 Å². The van der Waals surface area contributed by atoms with Crippen LogP contribution in [0.3, 0.4) is 0 Å². The molecular formula is C10H24N6. The lowest BCUT2D eigenvalue weighted by Gasteiger charge is -2.05. The summed E-state index contributed by atoms with van der Waals surface area (Å²) in [5.74, 6) is 1.02. The molecule has 0 aromatic carbocycles. The standard InChI is InChI=1S/C10H24N6/c1-13-9(11)15-7-5-3-4-6-8-16-10(12)14-2/h3-8H2,1-2H3,(H3,11,13,15)(H3,12,14,16). The second kappa shape index (κ2) is 10.1. The molecule has 0 saturated heterocycles. The van der Waals surface area contributed by atoms with E-state index in [0.29, 0.717) is 11.9 Å². The number of nitrogens with two attached hydrogens (primary N) is 2.